The van der Waals surface area contributed by atoms with E-state index in [4.69, 9.17) is 5.73 Å². The largest absolute Gasteiger partial charge is 0.330 e. The van der Waals surface area contributed by atoms with Crippen LogP contribution in [-0.2, 0) is 0 Å². The van der Waals surface area contributed by atoms with Gasteiger partial charge in [0.1, 0.15) is 0 Å². The van der Waals surface area contributed by atoms with E-state index in [0.29, 0.717) is 18.0 Å². The molecule has 1 fully saturated rings. The summed E-state index contributed by atoms with van der Waals surface area (Å²) in [6.45, 7) is 0.706. The number of benzene rings is 1. The maximum atomic E-state index is 13.7. The first-order valence-corrected chi connectivity index (χ1v) is 6.97. The molecule has 0 bridgehead atoms. The molecule has 4 heteroatoms. The molecule has 2 N–H and O–H groups in total. The number of hydrogen-bond donors (Lipinski definition) is 1. The van der Waals surface area contributed by atoms with Gasteiger partial charge in [0.2, 0.25) is 0 Å². The van der Waals surface area contributed by atoms with Gasteiger partial charge in [0.05, 0.1) is 0 Å². The summed E-state index contributed by atoms with van der Waals surface area (Å²) in [5.74, 6) is -2.80. The molecule has 0 spiro atoms. The second-order valence-electron chi connectivity index (χ2n) is 5.41. The Hall–Kier alpha value is -1.03. The second kappa shape index (κ2) is 6.42. The van der Waals surface area contributed by atoms with Crippen LogP contribution >= 0.6 is 0 Å². The van der Waals surface area contributed by atoms with Gasteiger partial charge in [0, 0.05) is 0 Å². The maximum absolute atomic E-state index is 13.7. The number of hydrogen-bond acceptors (Lipinski definition) is 1. The highest BCUT2D eigenvalue weighted by Crippen LogP contribution is 2.38. The number of halogens is 3. The lowest BCUT2D eigenvalue weighted by Crippen LogP contribution is -2.16. The third-order valence-electron chi connectivity index (χ3n) is 4.17. The van der Waals surface area contributed by atoms with Crippen molar-refractivity contribution in [1.82, 2.24) is 0 Å². The molecule has 1 aliphatic carbocycles. The van der Waals surface area contributed by atoms with Crippen LogP contribution in [0.1, 0.15) is 50.0 Å². The van der Waals surface area contributed by atoms with Crippen molar-refractivity contribution in [3.8, 4) is 0 Å². The predicted octanol–water partition coefficient (Wildman–Crippen LogP) is 4.12. The predicted molar refractivity (Wildman–Crippen MR) is 69.3 cm³/mol. The van der Waals surface area contributed by atoms with Crippen LogP contribution in [0.15, 0.2) is 12.1 Å². The molecule has 0 aromatic heterocycles. The average molecular weight is 271 g/mol. The van der Waals surface area contributed by atoms with Gasteiger partial charge in [0.25, 0.3) is 0 Å². The second-order valence-corrected chi connectivity index (χ2v) is 5.41. The summed E-state index contributed by atoms with van der Waals surface area (Å²) in [5.41, 5.74) is 5.82. The first-order valence-electron chi connectivity index (χ1n) is 6.97. The summed E-state index contributed by atoms with van der Waals surface area (Å²) in [6, 6.07) is 2.41. The van der Waals surface area contributed by atoms with Crippen molar-refractivity contribution < 1.29 is 13.2 Å². The molecule has 0 aliphatic heterocycles. The molecule has 19 heavy (non-hydrogen) atoms. The number of nitrogens with two attached hydrogens (primary N) is 1. The molecule has 0 heterocycles. The van der Waals surface area contributed by atoms with Crippen LogP contribution in [0.25, 0.3) is 0 Å². The molecule has 0 atom stereocenters. The zero-order chi connectivity index (χ0) is 13.8. The van der Waals surface area contributed by atoms with Gasteiger partial charge in [-0.1, -0.05) is 6.07 Å². The van der Waals surface area contributed by atoms with Crippen molar-refractivity contribution in [3.63, 3.8) is 0 Å². The topological polar surface area (TPSA) is 26.0 Å². The third-order valence-corrected chi connectivity index (χ3v) is 4.17. The molecule has 1 aliphatic rings. The highest BCUT2D eigenvalue weighted by molar-refractivity contribution is 5.24. The summed E-state index contributed by atoms with van der Waals surface area (Å²) in [6.07, 6.45) is 5.86. The molecule has 1 aromatic rings. The average Bonchev–Trinajstić information content (AvgIpc) is 2.44. The van der Waals surface area contributed by atoms with Gasteiger partial charge in [-0.15, -0.1) is 0 Å². The Bertz CT molecular complexity index is 426. The summed E-state index contributed by atoms with van der Waals surface area (Å²) < 4.78 is 39.8. The summed E-state index contributed by atoms with van der Waals surface area (Å²) in [5, 5.41) is 0. The minimum atomic E-state index is -1.34. The fraction of sp³-hybridized carbons (Fsp3) is 0.600. The molecular weight excluding hydrogens is 251 g/mol. The van der Waals surface area contributed by atoms with Crippen molar-refractivity contribution in [2.75, 3.05) is 6.54 Å². The van der Waals surface area contributed by atoms with Crippen LogP contribution in [0, 0.1) is 23.4 Å². The lowest BCUT2D eigenvalue weighted by atomic mass is 9.77. The van der Waals surface area contributed by atoms with E-state index in [2.05, 4.69) is 0 Å². The molecule has 1 aromatic carbocycles. The Labute approximate surface area is 112 Å². The van der Waals surface area contributed by atoms with Gasteiger partial charge < -0.3 is 5.73 Å². The van der Waals surface area contributed by atoms with Gasteiger partial charge in [-0.2, -0.15) is 0 Å². The minimum Gasteiger partial charge on any atom is -0.330 e. The number of rotatable bonds is 4. The van der Waals surface area contributed by atoms with Crippen molar-refractivity contribution in [2.45, 2.75) is 44.4 Å². The molecular formula is C15H20F3N. The SMILES string of the molecule is NCCCC1CCC(c2ccc(F)c(F)c2F)CC1. The Balaban J connectivity index is 2.00. The molecule has 0 saturated heterocycles. The van der Waals surface area contributed by atoms with Crippen LogP contribution in [0.3, 0.4) is 0 Å². The van der Waals surface area contributed by atoms with Gasteiger partial charge >= 0.3 is 0 Å². The van der Waals surface area contributed by atoms with Crippen LogP contribution in [-0.4, -0.2) is 6.54 Å². The zero-order valence-corrected chi connectivity index (χ0v) is 11.0. The fourth-order valence-electron chi connectivity index (χ4n) is 3.02. The normalized spacial score (nSPS) is 23.6. The van der Waals surface area contributed by atoms with Crippen molar-refractivity contribution in [2.24, 2.45) is 11.7 Å². The lowest BCUT2D eigenvalue weighted by molar-refractivity contribution is 0.300. The van der Waals surface area contributed by atoms with E-state index in [1.807, 2.05) is 0 Å². The first-order chi connectivity index (χ1) is 9.13. The molecule has 1 nitrogen and oxygen atoms in total. The fourth-order valence-corrected chi connectivity index (χ4v) is 3.02. The van der Waals surface area contributed by atoms with Crippen molar-refractivity contribution >= 4 is 0 Å². The standard InChI is InChI=1S/C15H20F3N/c16-13-8-7-12(14(17)15(13)18)11-5-3-10(4-6-11)2-1-9-19/h7-8,10-11H,1-6,9,19H2. The van der Waals surface area contributed by atoms with E-state index in [9.17, 15) is 13.2 Å². The van der Waals surface area contributed by atoms with E-state index >= 15 is 0 Å². The molecule has 2 rings (SSSR count). The first kappa shape index (κ1) is 14.4. The Morgan fingerprint density at radius 2 is 1.68 bits per heavy atom. The Kier molecular flexibility index (Phi) is 4.86. The van der Waals surface area contributed by atoms with E-state index in [1.54, 1.807) is 0 Å². The summed E-state index contributed by atoms with van der Waals surface area (Å²) >= 11 is 0. The van der Waals surface area contributed by atoms with Crippen LogP contribution in [0.4, 0.5) is 13.2 Å². The maximum Gasteiger partial charge on any atom is 0.194 e. The molecule has 106 valence electrons. The molecule has 0 radical (unpaired) electrons. The van der Waals surface area contributed by atoms with E-state index in [0.717, 1.165) is 44.6 Å². The van der Waals surface area contributed by atoms with Gasteiger partial charge in [-0.25, -0.2) is 13.2 Å². The highest BCUT2D eigenvalue weighted by atomic mass is 19.2. The Morgan fingerprint density at radius 1 is 1.00 bits per heavy atom. The monoisotopic (exact) mass is 271 g/mol. The van der Waals surface area contributed by atoms with Gasteiger partial charge in [-0.3, -0.25) is 0 Å². The smallest absolute Gasteiger partial charge is 0.194 e. The van der Waals surface area contributed by atoms with E-state index in [1.165, 1.54) is 6.07 Å². The van der Waals surface area contributed by atoms with Crippen molar-refractivity contribution in [3.05, 3.63) is 35.1 Å². The van der Waals surface area contributed by atoms with E-state index in [-0.39, 0.29) is 5.92 Å². The van der Waals surface area contributed by atoms with Crippen LogP contribution < -0.4 is 5.73 Å². The highest BCUT2D eigenvalue weighted by Gasteiger charge is 2.26. The lowest BCUT2D eigenvalue weighted by Gasteiger charge is -2.29. The third kappa shape index (κ3) is 3.30. The van der Waals surface area contributed by atoms with Crippen LogP contribution in [0.2, 0.25) is 0 Å². The van der Waals surface area contributed by atoms with E-state index < -0.39 is 17.5 Å². The van der Waals surface area contributed by atoms with Gasteiger partial charge in [-0.05, 0) is 68.5 Å². The summed E-state index contributed by atoms with van der Waals surface area (Å²) in [4.78, 5) is 0. The summed E-state index contributed by atoms with van der Waals surface area (Å²) in [7, 11) is 0. The molecule has 0 amide bonds. The van der Waals surface area contributed by atoms with Gasteiger partial charge in [0.15, 0.2) is 17.5 Å². The van der Waals surface area contributed by atoms with Crippen LogP contribution in [0.5, 0.6) is 0 Å². The molecule has 1 saturated carbocycles. The van der Waals surface area contributed by atoms with Crippen molar-refractivity contribution in [1.29, 1.82) is 0 Å². The quantitative estimate of drug-likeness (QED) is 0.819. The zero-order valence-electron chi connectivity index (χ0n) is 11.0. The minimum absolute atomic E-state index is 0.0178. The Morgan fingerprint density at radius 3 is 2.32 bits per heavy atom. The molecule has 0 unspecified atom stereocenters.